The van der Waals surface area contributed by atoms with Gasteiger partial charge in [-0.15, -0.1) is 0 Å². The quantitative estimate of drug-likeness (QED) is 0.583. The van der Waals surface area contributed by atoms with Crippen molar-refractivity contribution in [3.63, 3.8) is 0 Å². The first kappa shape index (κ1) is 15.1. The van der Waals surface area contributed by atoms with E-state index in [1.165, 1.54) is 0 Å². The molecule has 0 aliphatic rings. The standard InChI is InChI=1S/C21H16N2O2/c1-24-16-5-3-13(4-6-16)14-9-15(12-22)21-19(10-14)18-8-7-17(25-2)11-20(18)23-21/h3-11,23H,1-2H3. The lowest BCUT2D eigenvalue weighted by molar-refractivity contribution is 0.415. The van der Waals surface area contributed by atoms with Gasteiger partial charge in [-0.3, -0.25) is 0 Å². The number of ether oxygens (including phenoxy) is 2. The van der Waals surface area contributed by atoms with Gasteiger partial charge in [-0.1, -0.05) is 12.1 Å². The molecule has 1 heterocycles. The normalized spacial score (nSPS) is 10.8. The molecular formula is C21H16N2O2. The monoisotopic (exact) mass is 328 g/mol. The predicted molar refractivity (Wildman–Crippen MR) is 99.1 cm³/mol. The first-order valence-corrected chi connectivity index (χ1v) is 7.91. The SMILES string of the molecule is COc1ccc(-c2cc(C#N)c3[nH]c4cc(OC)ccc4c3c2)cc1. The first-order valence-electron chi connectivity index (χ1n) is 7.91. The summed E-state index contributed by atoms with van der Waals surface area (Å²) in [5.41, 5.74) is 4.48. The Labute approximate surface area is 145 Å². The summed E-state index contributed by atoms with van der Waals surface area (Å²) in [6, 6.07) is 20.1. The lowest BCUT2D eigenvalue weighted by Gasteiger charge is -2.06. The number of H-pyrrole nitrogens is 1. The van der Waals surface area contributed by atoms with Crippen LogP contribution in [0.2, 0.25) is 0 Å². The van der Waals surface area contributed by atoms with Crippen LogP contribution in [0.4, 0.5) is 0 Å². The maximum absolute atomic E-state index is 9.60. The maximum atomic E-state index is 9.60. The molecule has 4 nitrogen and oxygen atoms in total. The number of hydrogen-bond donors (Lipinski definition) is 1. The third-order valence-electron chi connectivity index (χ3n) is 4.46. The van der Waals surface area contributed by atoms with Gasteiger partial charge >= 0.3 is 0 Å². The van der Waals surface area contributed by atoms with Crippen molar-refractivity contribution < 1.29 is 9.47 Å². The molecule has 3 aromatic carbocycles. The highest BCUT2D eigenvalue weighted by molar-refractivity contribution is 6.10. The lowest BCUT2D eigenvalue weighted by atomic mass is 9.99. The molecule has 4 heteroatoms. The zero-order chi connectivity index (χ0) is 17.4. The topological polar surface area (TPSA) is 58.0 Å². The van der Waals surface area contributed by atoms with Gasteiger partial charge in [-0.25, -0.2) is 0 Å². The molecule has 25 heavy (non-hydrogen) atoms. The second-order valence-electron chi connectivity index (χ2n) is 5.82. The summed E-state index contributed by atoms with van der Waals surface area (Å²) in [4.78, 5) is 3.35. The minimum absolute atomic E-state index is 0.624. The Bertz CT molecular complexity index is 1120. The molecule has 0 unspecified atom stereocenters. The zero-order valence-electron chi connectivity index (χ0n) is 14.0. The molecule has 0 radical (unpaired) electrons. The minimum atomic E-state index is 0.624. The summed E-state index contributed by atoms with van der Waals surface area (Å²) in [7, 11) is 3.29. The number of aromatic nitrogens is 1. The predicted octanol–water partition coefficient (Wildman–Crippen LogP) is 4.88. The van der Waals surface area contributed by atoms with E-state index in [2.05, 4.69) is 17.1 Å². The first-order chi connectivity index (χ1) is 12.2. The van der Waals surface area contributed by atoms with Crippen molar-refractivity contribution in [3.05, 3.63) is 60.2 Å². The Morgan fingerprint density at radius 1 is 0.800 bits per heavy atom. The Hall–Kier alpha value is -3.45. The average molecular weight is 328 g/mol. The van der Waals surface area contributed by atoms with Crippen molar-refractivity contribution in [2.75, 3.05) is 14.2 Å². The van der Waals surface area contributed by atoms with Crippen LogP contribution >= 0.6 is 0 Å². The minimum Gasteiger partial charge on any atom is -0.497 e. The van der Waals surface area contributed by atoms with E-state index in [1.807, 2.05) is 48.5 Å². The van der Waals surface area contributed by atoms with Gasteiger partial charge in [0.2, 0.25) is 0 Å². The number of benzene rings is 3. The molecule has 0 spiro atoms. The number of nitriles is 1. The number of methoxy groups -OCH3 is 2. The van der Waals surface area contributed by atoms with E-state index >= 15 is 0 Å². The molecule has 122 valence electrons. The maximum Gasteiger partial charge on any atom is 0.120 e. The van der Waals surface area contributed by atoms with Gasteiger partial charge in [0, 0.05) is 16.8 Å². The van der Waals surface area contributed by atoms with E-state index in [0.717, 1.165) is 44.4 Å². The van der Waals surface area contributed by atoms with Crippen LogP contribution < -0.4 is 9.47 Å². The van der Waals surface area contributed by atoms with Gasteiger partial charge in [-0.05, 0) is 47.5 Å². The van der Waals surface area contributed by atoms with E-state index in [-0.39, 0.29) is 0 Å². The summed E-state index contributed by atoms with van der Waals surface area (Å²) < 4.78 is 10.5. The van der Waals surface area contributed by atoms with Crippen LogP contribution in [-0.4, -0.2) is 19.2 Å². The zero-order valence-corrected chi connectivity index (χ0v) is 14.0. The molecule has 0 saturated carbocycles. The third-order valence-corrected chi connectivity index (χ3v) is 4.46. The van der Waals surface area contributed by atoms with Crippen LogP contribution in [0.25, 0.3) is 32.9 Å². The van der Waals surface area contributed by atoms with Crippen LogP contribution in [-0.2, 0) is 0 Å². The summed E-state index contributed by atoms with van der Waals surface area (Å²) in [5, 5.41) is 11.7. The largest absolute Gasteiger partial charge is 0.497 e. The van der Waals surface area contributed by atoms with E-state index in [9.17, 15) is 5.26 Å². The summed E-state index contributed by atoms with van der Waals surface area (Å²) >= 11 is 0. The van der Waals surface area contributed by atoms with Gasteiger partial charge in [0.05, 0.1) is 30.8 Å². The second kappa shape index (κ2) is 5.88. The van der Waals surface area contributed by atoms with Crippen molar-refractivity contribution in [2.45, 2.75) is 0 Å². The Kier molecular flexibility index (Phi) is 3.55. The molecule has 4 aromatic rings. The third kappa shape index (κ3) is 2.47. The van der Waals surface area contributed by atoms with Crippen LogP contribution in [0.5, 0.6) is 11.5 Å². The Morgan fingerprint density at radius 2 is 1.52 bits per heavy atom. The van der Waals surface area contributed by atoms with E-state index in [1.54, 1.807) is 14.2 Å². The number of nitrogens with zero attached hydrogens (tertiary/aromatic N) is 1. The van der Waals surface area contributed by atoms with Gasteiger partial charge in [-0.2, -0.15) is 5.26 Å². The van der Waals surface area contributed by atoms with Crippen molar-refractivity contribution in [1.29, 1.82) is 5.26 Å². The van der Waals surface area contributed by atoms with Crippen LogP contribution in [0.3, 0.4) is 0 Å². The fourth-order valence-corrected chi connectivity index (χ4v) is 3.15. The number of nitrogens with one attached hydrogen (secondary N) is 1. The lowest BCUT2D eigenvalue weighted by Crippen LogP contribution is -1.85. The van der Waals surface area contributed by atoms with Gasteiger partial charge in [0.1, 0.15) is 17.6 Å². The number of hydrogen-bond acceptors (Lipinski definition) is 3. The molecule has 0 aliphatic carbocycles. The molecule has 0 bridgehead atoms. The molecule has 0 atom stereocenters. The van der Waals surface area contributed by atoms with Gasteiger partial charge < -0.3 is 14.5 Å². The molecule has 0 saturated heterocycles. The smallest absolute Gasteiger partial charge is 0.120 e. The summed E-state index contributed by atoms with van der Waals surface area (Å²) in [6.45, 7) is 0. The number of aromatic amines is 1. The molecule has 1 aromatic heterocycles. The molecule has 0 amide bonds. The van der Waals surface area contributed by atoms with Crippen molar-refractivity contribution in [1.82, 2.24) is 4.98 Å². The molecule has 0 aliphatic heterocycles. The van der Waals surface area contributed by atoms with Crippen LogP contribution in [0, 0.1) is 11.3 Å². The van der Waals surface area contributed by atoms with E-state index in [4.69, 9.17) is 9.47 Å². The second-order valence-corrected chi connectivity index (χ2v) is 5.82. The highest BCUT2D eigenvalue weighted by Gasteiger charge is 2.12. The molecular weight excluding hydrogens is 312 g/mol. The number of rotatable bonds is 3. The Morgan fingerprint density at radius 3 is 2.20 bits per heavy atom. The molecule has 1 N–H and O–H groups in total. The molecule has 0 fully saturated rings. The molecule has 4 rings (SSSR count). The van der Waals surface area contributed by atoms with E-state index < -0.39 is 0 Å². The number of fused-ring (bicyclic) bond motifs is 3. The summed E-state index contributed by atoms with van der Waals surface area (Å²) in [6.07, 6.45) is 0. The average Bonchev–Trinajstić information content (AvgIpc) is 3.04. The van der Waals surface area contributed by atoms with Crippen LogP contribution in [0.15, 0.2) is 54.6 Å². The van der Waals surface area contributed by atoms with E-state index in [0.29, 0.717) is 5.56 Å². The summed E-state index contributed by atoms with van der Waals surface area (Å²) in [5.74, 6) is 1.59. The Balaban J connectivity index is 1.97. The van der Waals surface area contributed by atoms with Crippen LogP contribution in [0.1, 0.15) is 5.56 Å². The van der Waals surface area contributed by atoms with Gasteiger partial charge in [0.15, 0.2) is 0 Å². The van der Waals surface area contributed by atoms with Crippen molar-refractivity contribution in [3.8, 4) is 28.7 Å². The fourth-order valence-electron chi connectivity index (χ4n) is 3.15. The fraction of sp³-hybridized carbons (Fsp3) is 0.0952. The van der Waals surface area contributed by atoms with Crippen molar-refractivity contribution >= 4 is 21.8 Å². The highest BCUT2D eigenvalue weighted by atomic mass is 16.5. The van der Waals surface area contributed by atoms with Gasteiger partial charge in [0.25, 0.3) is 0 Å². The van der Waals surface area contributed by atoms with Crippen molar-refractivity contribution in [2.24, 2.45) is 0 Å². The highest BCUT2D eigenvalue weighted by Crippen LogP contribution is 2.34.